The highest BCUT2D eigenvalue weighted by atomic mass is 35.5. The molecule has 0 radical (unpaired) electrons. The van der Waals surface area contributed by atoms with Crippen LogP contribution in [0.1, 0.15) is 19.3 Å². The lowest BCUT2D eigenvalue weighted by molar-refractivity contribution is -0.135. The first-order valence-electron chi connectivity index (χ1n) is 4.84. The number of carbonyl (C=O) groups excluding carboxylic acids is 2. The van der Waals surface area contributed by atoms with Crippen molar-refractivity contribution in [1.29, 1.82) is 0 Å². The molecule has 0 unspecified atom stereocenters. The summed E-state index contributed by atoms with van der Waals surface area (Å²) in [6, 6.07) is 0. The first kappa shape index (κ1) is 12.0. The summed E-state index contributed by atoms with van der Waals surface area (Å²) in [5, 5.41) is 0. The van der Waals surface area contributed by atoms with Gasteiger partial charge in [-0.15, -0.1) is 11.6 Å². The second-order valence-electron chi connectivity index (χ2n) is 3.29. The lowest BCUT2D eigenvalue weighted by atomic mass is 10.1. The maximum absolute atomic E-state index is 11.4. The molecule has 1 fully saturated rings. The van der Waals surface area contributed by atoms with Crippen LogP contribution in [0.5, 0.6) is 0 Å². The summed E-state index contributed by atoms with van der Waals surface area (Å²) in [5.74, 6) is -0.649. The number of allylic oxidation sites excluding steroid dienone is 1. The van der Waals surface area contributed by atoms with E-state index in [1.165, 1.54) is 13.2 Å². The van der Waals surface area contributed by atoms with Gasteiger partial charge in [0.15, 0.2) is 0 Å². The van der Waals surface area contributed by atoms with Gasteiger partial charge >= 0.3 is 5.97 Å². The fourth-order valence-electron chi connectivity index (χ4n) is 1.56. The Balaban J connectivity index is 2.78. The molecule has 4 nitrogen and oxygen atoms in total. The van der Waals surface area contributed by atoms with E-state index in [2.05, 4.69) is 4.74 Å². The minimum atomic E-state index is -0.431. The van der Waals surface area contributed by atoms with Crippen LogP contribution in [0.4, 0.5) is 0 Å². The molecule has 0 atom stereocenters. The van der Waals surface area contributed by atoms with Gasteiger partial charge in [-0.1, -0.05) is 0 Å². The third-order valence-electron chi connectivity index (χ3n) is 2.31. The van der Waals surface area contributed by atoms with E-state index in [1.807, 2.05) is 0 Å². The quantitative estimate of drug-likeness (QED) is 0.409. The van der Waals surface area contributed by atoms with E-state index in [1.54, 1.807) is 4.90 Å². The standard InChI is InChI=1S/C10H14ClNO3/c1-15-10(14)6-8-4-2-3-5-12(8)9(13)7-11/h6H,2-5,7H2,1H3/b8-6+. The number of hydrogen-bond acceptors (Lipinski definition) is 3. The molecule has 0 aliphatic carbocycles. The SMILES string of the molecule is COC(=O)/C=C1\CCCCN1C(=O)CCl. The zero-order valence-electron chi connectivity index (χ0n) is 8.66. The van der Waals surface area contributed by atoms with E-state index in [0.717, 1.165) is 19.3 Å². The predicted octanol–water partition coefficient (Wildman–Crippen LogP) is 1.29. The van der Waals surface area contributed by atoms with E-state index in [4.69, 9.17) is 11.6 Å². The van der Waals surface area contributed by atoms with Gasteiger partial charge in [0.1, 0.15) is 5.88 Å². The second kappa shape index (κ2) is 5.75. The largest absolute Gasteiger partial charge is 0.466 e. The Kier molecular flexibility index (Phi) is 4.62. The van der Waals surface area contributed by atoms with Crippen molar-refractivity contribution < 1.29 is 14.3 Å². The zero-order chi connectivity index (χ0) is 11.3. The van der Waals surface area contributed by atoms with E-state index < -0.39 is 5.97 Å². The molecule has 0 aromatic rings. The van der Waals surface area contributed by atoms with Gasteiger partial charge in [0, 0.05) is 18.3 Å². The number of piperidine rings is 1. The predicted molar refractivity (Wildman–Crippen MR) is 56.4 cm³/mol. The summed E-state index contributed by atoms with van der Waals surface area (Å²) in [6.45, 7) is 0.633. The van der Waals surface area contributed by atoms with Gasteiger partial charge in [-0.3, -0.25) is 4.79 Å². The van der Waals surface area contributed by atoms with Crippen molar-refractivity contribution in [3.05, 3.63) is 11.8 Å². The second-order valence-corrected chi connectivity index (χ2v) is 3.56. The van der Waals surface area contributed by atoms with Crippen molar-refractivity contribution in [2.45, 2.75) is 19.3 Å². The molecule has 1 saturated heterocycles. The molecule has 5 heteroatoms. The van der Waals surface area contributed by atoms with Gasteiger partial charge in [-0.2, -0.15) is 0 Å². The molecule has 1 rings (SSSR count). The number of rotatable bonds is 2. The van der Waals surface area contributed by atoms with Crippen molar-refractivity contribution in [1.82, 2.24) is 4.90 Å². The highest BCUT2D eigenvalue weighted by Gasteiger charge is 2.21. The van der Waals surface area contributed by atoms with E-state index in [0.29, 0.717) is 12.2 Å². The number of likely N-dealkylation sites (tertiary alicyclic amines) is 1. The Morgan fingerprint density at radius 3 is 2.87 bits per heavy atom. The molecule has 0 saturated carbocycles. The third kappa shape index (κ3) is 3.23. The molecule has 0 spiro atoms. The van der Waals surface area contributed by atoms with Crippen LogP contribution < -0.4 is 0 Å². The molecule has 0 N–H and O–H groups in total. The number of ether oxygens (including phenoxy) is 1. The van der Waals surface area contributed by atoms with Crippen LogP contribution >= 0.6 is 11.6 Å². The molecule has 1 amide bonds. The maximum Gasteiger partial charge on any atom is 0.332 e. The van der Waals surface area contributed by atoms with Crippen LogP contribution in [-0.2, 0) is 14.3 Å². The minimum Gasteiger partial charge on any atom is -0.466 e. The number of nitrogens with zero attached hydrogens (tertiary/aromatic N) is 1. The first-order valence-corrected chi connectivity index (χ1v) is 5.37. The van der Waals surface area contributed by atoms with E-state index in [-0.39, 0.29) is 11.8 Å². The summed E-state index contributed by atoms with van der Waals surface area (Å²) < 4.78 is 4.53. The molecule has 1 aliphatic rings. The van der Waals surface area contributed by atoms with Crippen molar-refractivity contribution >= 4 is 23.5 Å². The number of esters is 1. The average molecular weight is 232 g/mol. The van der Waals surface area contributed by atoms with Crippen molar-refractivity contribution in [3.63, 3.8) is 0 Å². The van der Waals surface area contributed by atoms with Crippen molar-refractivity contribution in [2.75, 3.05) is 19.5 Å². The Bertz CT molecular complexity index is 288. The van der Waals surface area contributed by atoms with Crippen LogP contribution in [0, 0.1) is 0 Å². The van der Waals surface area contributed by atoms with Crippen LogP contribution in [0.2, 0.25) is 0 Å². The number of alkyl halides is 1. The summed E-state index contributed by atoms with van der Waals surface area (Å²) >= 11 is 5.49. The molecule has 1 aliphatic heterocycles. The number of halogens is 1. The number of carbonyl (C=O) groups is 2. The average Bonchev–Trinajstić information content (AvgIpc) is 2.28. The fourth-order valence-corrected chi connectivity index (χ4v) is 1.70. The van der Waals surface area contributed by atoms with E-state index >= 15 is 0 Å². The van der Waals surface area contributed by atoms with Gasteiger partial charge in [0.05, 0.1) is 7.11 Å². The van der Waals surface area contributed by atoms with Crippen LogP contribution in [0.3, 0.4) is 0 Å². The van der Waals surface area contributed by atoms with Gasteiger partial charge in [-0.05, 0) is 19.3 Å². The Labute approximate surface area is 93.8 Å². The summed E-state index contributed by atoms with van der Waals surface area (Å²) in [5.41, 5.74) is 0.707. The van der Waals surface area contributed by atoms with Gasteiger partial charge in [0.25, 0.3) is 0 Å². The smallest absolute Gasteiger partial charge is 0.332 e. The van der Waals surface area contributed by atoms with Crippen LogP contribution in [0.15, 0.2) is 11.8 Å². The monoisotopic (exact) mass is 231 g/mol. The summed E-state index contributed by atoms with van der Waals surface area (Å²) in [7, 11) is 1.32. The lowest BCUT2D eigenvalue weighted by Crippen LogP contribution is -2.35. The number of methoxy groups -OCH3 is 1. The van der Waals surface area contributed by atoms with Gasteiger partial charge < -0.3 is 9.64 Å². The number of hydrogen-bond donors (Lipinski definition) is 0. The van der Waals surface area contributed by atoms with Crippen molar-refractivity contribution in [2.24, 2.45) is 0 Å². The Morgan fingerprint density at radius 1 is 1.53 bits per heavy atom. The van der Waals surface area contributed by atoms with Crippen LogP contribution in [0.25, 0.3) is 0 Å². The number of amides is 1. The highest BCUT2D eigenvalue weighted by molar-refractivity contribution is 6.27. The summed E-state index contributed by atoms with van der Waals surface area (Å²) in [4.78, 5) is 24.1. The molecular formula is C10H14ClNO3. The first-order chi connectivity index (χ1) is 7.19. The molecule has 84 valence electrons. The van der Waals surface area contributed by atoms with Crippen LogP contribution in [-0.4, -0.2) is 36.3 Å². The maximum atomic E-state index is 11.4. The zero-order valence-corrected chi connectivity index (χ0v) is 9.42. The molecular weight excluding hydrogens is 218 g/mol. The lowest BCUT2D eigenvalue weighted by Gasteiger charge is -2.28. The molecule has 0 aromatic carbocycles. The topological polar surface area (TPSA) is 46.6 Å². The molecule has 0 bridgehead atoms. The molecule has 1 heterocycles. The normalized spacial score (nSPS) is 19.1. The summed E-state index contributed by atoms with van der Waals surface area (Å²) in [6.07, 6.45) is 4.01. The van der Waals surface area contributed by atoms with Gasteiger partial charge in [-0.25, -0.2) is 4.79 Å². The molecule has 0 aromatic heterocycles. The fraction of sp³-hybridized carbons (Fsp3) is 0.600. The minimum absolute atomic E-state index is 0.0570. The Morgan fingerprint density at radius 2 is 2.27 bits per heavy atom. The third-order valence-corrected chi connectivity index (χ3v) is 2.54. The highest BCUT2D eigenvalue weighted by Crippen LogP contribution is 2.20. The van der Waals surface area contributed by atoms with Crippen molar-refractivity contribution in [3.8, 4) is 0 Å². The van der Waals surface area contributed by atoms with Gasteiger partial charge in [0.2, 0.25) is 5.91 Å². The van der Waals surface area contributed by atoms with E-state index in [9.17, 15) is 9.59 Å². The Hall–Kier alpha value is -1.03. The molecule has 15 heavy (non-hydrogen) atoms.